The Hall–Kier alpha value is -0.470. The Bertz CT molecular complexity index is 337. The Morgan fingerprint density at radius 3 is 2.29 bits per heavy atom. The number of thioether (sulfide) groups is 1. The molecule has 0 spiro atoms. The van der Waals surface area contributed by atoms with Crippen molar-refractivity contribution in [2.24, 2.45) is 0 Å². The van der Waals surface area contributed by atoms with Crippen LogP contribution in [-0.4, -0.2) is 17.5 Å². The average Bonchev–Trinajstić information content (AvgIpc) is 2.24. The molecule has 0 fully saturated rings. The van der Waals surface area contributed by atoms with Crippen molar-refractivity contribution in [2.75, 3.05) is 11.5 Å². The van der Waals surface area contributed by atoms with E-state index in [1.54, 1.807) is 0 Å². The molecule has 0 radical (unpaired) electrons. The zero-order chi connectivity index (χ0) is 12.8. The summed E-state index contributed by atoms with van der Waals surface area (Å²) in [6.45, 7) is 12.1. The first-order chi connectivity index (χ1) is 8.04. The van der Waals surface area contributed by atoms with Gasteiger partial charge in [-0.15, -0.1) is 0 Å². The van der Waals surface area contributed by atoms with E-state index in [-0.39, 0.29) is 0 Å². The second kappa shape index (κ2) is 7.07. The van der Waals surface area contributed by atoms with Crippen LogP contribution in [0.2, 0.25) is 0 Å². The van der Waals surface area contributed by atoms with Crippen LogP contribution in [0.4, 0.5) is 0 Å². The van der Waals surface area contributed by atoms with Gasteiger partial charge in [-0.25, -0.2) is 0 Å². The molecular weight excluding hydrogens is 226 g/mol. The van der Waals surface area contributed by atoms with Crippen LogP contribution in [0, 0.1) is 20.8 Å². The van der Waals surface area contributed by atoms with Gasteiger partial charge >= 0.3 is 0 Å². The predicted octanol–water partition coefficient (Wildman–Crippen LogP) is 3.84. The minimum Gasteiger partial charge on any atom is -0.309 e. The van der Waals surface area contributed by atoms with Gasteiger partial charge in [0.25, 0.3) is 0 Å². The van der Waals surface area contributed by atoms with Crippen LogP contribution in [0.5, 0.6) is 0 Å². The van der Waals surface area contributed by atoms with Crippen LogP contribution >= 0.6 is 11.8 Å². The largest absolute Gasteiger partial charge is 0.309 e. The zero-order valence-electron chi connectivity index (χ0n) is 11.8. The smallest absolute Gasteiger partial charge is 0.0213 e. The molecule has 0 aliphatic rings. The summed E-state index contributed by atoms with van der Waals surface area (Å²) in [6, 6.07) is 5.13. The van der Waals surface area contributed by atoms with Crippen molar-refractivity contribution < 1.29 is 0 Å². The maximum atomic E-state index is 3.61. The Kier molecular flexibility index (Phi) is 6.07. The lowest BCUT2D eigenvalue weighted by Gasteiger charge is -2.16. The van der Waals surface area contributed by atoms with E-state index in [9.17, 15) is 0 Å². The van der Waals surface area contributed by atoms with Gasteiger partial charge in [0, 0.05) is 18.3 Å². The molecule has 0 aliphatic heterocycles. The Morgan fingerprint density at radius 1 is 1.18 bits per heavy atom. The minimum absolute atomic E-state index is 0.583. The first-order valence-electron chi connectivity index (χ1n) is 6.42. The molecule has 1 aromatic rings. The van der Waals surface area contributed by atoms with Gasteiger partial charge < -0.3 is 5.32 Å². The van der Waals surface area contributed by atoms with Gasteiger partial charge in [0.1, 0.15) is 0 Å². The number of benzene rings is 1. The summed E-state index contributed by atoms with van der Waals surface area (Å²) in [5.41, 5.74) is 5.64. The minimum atomic E-state index is 0.583. The van der Waals surface area contributed by atoms with Crippen LogP contribution < -0.4 is 5.32 Å². The highest BCUT2D eigenvalue weighted by Gasteiger charge is 2.06. The van der Waals surface area contributed by atoms with Crippen LogP contribution in [0.25, 0.3) is 0 Å². The fourth-order valence-corrected chi connectivity index (χ4v) is 2.83. The number of hydrogen-bond acceptors (Lipinski definition) is 2. The first-order valence-corrected chi connectivity index (χ1v) is 7.58. The summed E-state index contributed by atoms with van der Waals surface area (Å²) < 4.78 is 0. The molecule has 1 rings (SSSR count). The molecule has 0 saturated carbocycles. The number of aryl methyl sites for hydroxylation is 3. The van der Waals surface area contributed by atoms with E-state index >= 15 is 0 Å². The fraction of sp³-hybridized carbons (Fsp3) is 0.600. The number of hydrogen-bond donors (Lipinski definition) is 1. The molecule has 0 saturated heterocycles. The second-order valence-corrected chi connectivity index (χ2v) is 6.14. The van der Waals surface area contributed by atoms with Crippen molar-refractivity contribution in [3.63, 3.8) is 0 Å². The quantitative estimate of drug-likeness (QED) is 0.824. The van der Waals surface area contributed by atoms with E-state index < -0.39 is 0 Å². The molecule has 1 aromatic carbocycles. The van der Waals surface area contributed by atoms with Crippen LogP contribution in [0.3, 0.4) is 0 Å². The molecule has 96 valence electrons. The average molecular weight is 251 g/mol. The van der Waals surface area contributed by atoms with Crippen LogP contribution in [-0.2, 0) is 6.54 Å². The standard InChI is InChI=1S/C15H25NS/c1-6-17-10-14(5)16-9-15-12(3)7-11(2)8-13(15)4/h7-8,14,16H,6,9-10H2,1-5H3. The molecule has 1 unspecified atom stereocenters. The van der Waals surface area contributed by atoms with Gasteiger partial charge in [0.2, 0.25) is 0 Å². The highest BCUT2D eigenvalue weighted by atomic mass is 32.2. The van der Waals surface area contributed by atoms with Crippen LogP contribution in [0.15, 0.2) is 12.1 Å². The number of nitrogens with one attached hydrogen (secondary N) is 1. The first kappa shape index (κ1) is 14.6. The van der Waals surface area contributed by atoms with Gasteiger partial charge in [-0.3, -0.25) is 0 Å². The Morgan fingerprint density at radius 2 is 1.76 bits per heavy atom. The topological polar surface area (TPSA) is 12.0 Å². The van der Waals surface area contributed by atoms with Crippen molar-refractivity contribution >= 4 is 11.8 Å². The zero-order valence-corrected chi connectivity index (χ0v) is 12.6. The Balaban J connectivity index is 2.57. The lowest BCUT2D eigenvalue weighted by atomic mass is 10.00. The van der Waals surface area contributed by atoms with E-state index in [2.05, 4.69) is 52.1 Å². The second-order valence-electron chi connectivity index (χ2n) is 4.82. The highest BCUT2D eigenvalue weighted by Crippen LogP contribution is 2.16. The van der Waals surface area contributed by atoms with Crippen molar-refractivity contribution in [1.29, 1.82) is 0 Å². The SMILES string of the molecule is CCSCC(C)NCc1c(C)cc(C)cc1C. The fourth-order valence-electron chi connectivity index (χ4n) is 2.12. The lowest BCUT2D eigenvalue weighted by molar-refractivity contribution is 0.593. The van der Waals surface area contributed by atoms with Crippen molar-refractivity contribution in [2.45, 2.75) is 47.2 Å². The lowest BCUT2D eigenvalue weighted by Crippen LogP contribution is -2.28. The summed E-state index contributed by atoms with van der Waals surface area (Å²) in [5, 5.41) is 3.61. The molecule has 2 heteroatoms. The third kappa shape index (κ3) is 4.72. The van der Waals surface area contributed by atoms with E-state index in [1.807, 2.05) is 11.8 Å². The summed E-state index contributed by atoms with van der Waals surface area (Å²) in [5.74, 6) is 2.40. The Labute approximate surface area is 110 Å². The molecule has 0 aliphatic carbocycles. The molecule has 0 aromatic heterocycles. The summed E-state index contributed by atoms with van der Waals surface area (Å²) in [7, 11) is 0. The van der Waals surface area contributed by atoms with Crippen molar-refractivity contribution in [3.05, 3.63) is 34.4 Å². The van der Waals surface area contributed by atoms with E-state index in [4.69, 9.17) is 0 Å². The van der Waals surface area contributed by atoms with E-state index in [1.165, 1.54) is 33.8 Å². The van der Waals surface area contributed by atoms with Crippen molar-refractivity contribution in [3.8, 4) is 0 Å². The molecule has 1 atom stereocenters. The summed E-state index contributed by atoms with van der Waals surface area (Å²) in [6.07, 6.45) is 0. The number of rotatable bonds is 6. The normalized spacial score (nSPS) is 12.8. The van der Waals surface area contributed by atoms with Gasteiger partial charge in [-0.2, -0.15) is 11.8 Å². The van der Waals surface area contributed by atoms with Crippen LogP contribution in [0.1, 0.15) is 36.1 Å². The molecular formula is C15H25NS. The van der Waals surface area contributed by atoms with Gasteiger partial charge in [-0.1, -0.05) is 24.6 Å². The third-order valence-corrected chi connectivity index (χ3v) is 4.18. The molecule has 0 bridgehead atoms. The monoisotopic (exact) mass is 251 g/mol. The highest BCUT2D eigenvalue weighted by molar-refractivity contribution is 7.99. The molecule has 1 nitrogen and oxygen atoms in total. The summed E-state index contributed by atoms with van der Waals surface area (Å²) in [4.78, 5) is 0. The van der Waals surface area contributed by atoms with Gasteiger partial charge in [0.05, 0.1) is 0 Å². The van der Waals surface area contributed by atoms with E-state index in [0.717, 1.165) is 6.54 Å². The molecule has 1 N–H and O–H groups in total. The maximum absolute atomic E-state index is 3.61. The molecule has 17 heavy (non-hydrogen) atoms. The third-order valence-electron chi connectivity index (χ3n) is 3.04. The van der Waals surface area contributed by atoms with Gasteiger partial charge in [0.15, 0.2) is 0 Å². The molecule has 0 amide bonds. The van der Waals surface area contributed by atoms with Crippen molar-refractivity contribution in [1.82, 2.24) is 5.32 Å². The maximum Gasteiger partial charge on any atom is 0.0213 e. The predicted molar refractivity (Wildman–Crippen MR) is 80.0 cm³/mol. The van der Waals surface area contributed by atoms with E-state index in [0.29, 0.717) is 6.04 Å². The summed E-state index contributed by atoms with van der Waals surface area (Å²) >= 11 is 2.00. The molecule has 0 heterocycles. The van der Waals surface area contributed by atoms with Gasteiger partial charge in [-0.05, 0) is 50.1 Å².